The average molecular weight is 2450 g/mol. The minimum Gasteiger partial charge on any atom is -0.744 e. The molecule has 0 amide bonds. The van der Waals surface area contributed by atoms with Gasteiger partial charge in [0.05, 0.1) is 76.5 Å². The van der Waals surface area contributed by atoms with Gasteiger partial charge in [-0.3, -0.25) is 0 Å². The first-order valence-corrected chi connectivity index (χ1v) is 58.7. The van der Waals surface area contributed by atoms with Crippen molar-refractivity contribution in [1.82, 2.24) is 0 Å². The van der Waals surface area contributed by atoms with Gasteiger partial charge in [0, 0.05) is 86.2 Å². The van der Waals surface area contributed by atoms with Gasteiger partial charge < -0.3 is 56.1 Å². The zero-order valence-corrected chi connectivity index (χ0v) is 92.2. The first-order chi connectivity index (χ1) is 69.2. The number of benzene rings is 20. The summed E-state index contributed by atoms with van der Waals surface area (Å²) in [4.78, 5) is -1.18. The Kier molecular flexibility index (Phi) is 38.3. The lowest BCUT2D eigenvalue weighted by atomic mass is 10.0. The van der Waals surface area contributed by atoms with Crippen LogP contribution < -0.4 is 123 Å². The lowest BCUT2D eigenvalue weighted by Crippen LogP contribution is -3.61. The van der Waals surface area contributed by atoms with Crippen molar-refractivity contribution in [3.05, 3.63) is 439 Å². The van der Waals surface area contributed by atoms with Gasteiger partial charge in [0.2, 0.25) is 0 Å². The number of rotatable bonds is 20. The Hall–Kier alpha value is -12.6. The minimum atomic E-state index is -4.54. The Morgan fingerprint density at radius 1 is 0.160 bits per heavy atom. The number of aryl methyl sites for hydroxylation is 4. The normalized spacial score (nSPS) is 11.1. The smallest absolute Gasteiger partial charge is 0.357 e. The van der Waals surface area contributed by atoms with Crippen LogP contribution in [0.3, 0.4) is 0 Å². The summed E-state index contributed by atoms with van der Waals surface area (Å²) >= 11 is 0.0636. The van der Waals surface area contributed by atoms with Crippen molar-refractivity contribution in [2.45, 2.75) is 47.3 Å². The van der Waals surface area contributed by atoms with Gasteiger partial charge in [-0.1, -0.05) is 241 Å². The number of hydrogen-bond acceptors (Lipinski definition) is 20. The molecule has 20 aromatic rings. The Morgan fingerprint density at radius 3 is 0.424 bits per heavy atom. The van der Waals surface area contributed by atoms with Crippen molar-refractivity contribution in [2.24, 2.45) is 0 Å². The van der Waals surface area contributed by atoms with Crippen molar-refractivity contribution in [3.8, 4) is 46.0 Å². The van der Waals surface area contributed by atoms with E-state index in [0.29, 0.717) is 89.1 Å². The second kappa shape index (κ2) is 50.8. The van der Waals surface area contributed by atoms with E-state index < -0.39 is 40.5 Å². The minimum absolute atomic E-state index is 0.00313. The van der Waals surface area contributed by atoms with E-state index in [-0.39, 0.29) is 104 Å². The number of halogens is 4. The quantitative estimate of drug-likeness (QED) is 0.0389. The van der Waals surface area contributed by atoms with Crippen molar-refractivity contribution in [1.29, 1.82) is 0 Å². The van der Waals surface area contributed by atoms with Crippen molar-refractivity contribution < 1.29 is 175 Å². The Balaban J connectivity index is 0.000000139. The Labute approximate surface area is 881 Å². The van der Waals surface area contributed by atoms with E-state index in [1.807, 2.05) is 97.1 Å². The third-order valence-electron chi connectivity index (χ3n) is 22.2. The molecule has 20 aromatic carbocycles. The van der Waals surface area contributed by atoms with E-state index in [2.05, 4.69) is 246 Å². The molecule has 0 aliphatic heterocycles. The second-order valence-corrected chi connectivity index (χ2v) is 49.5. The highest BCUT2D eigenvalue weighted by atomic mass is 127. The van der Waals surface area contributed by atoms with E-state index >= 15 is 0 Å². The van der Waals surface area contributed by atoms with Gasteiger partial charge in [-0.05, 0) is 198 Å². The fourth-order valence-electron chi connectivity index (χ4n) is 15.5. The summed E-state index contributed by atoms with van der Waals surface area (Å²) in [6.45, 7) is 8.53. The van der Waals surface area contributed by atoms with Crippen LogP contribution in [0.25, 0.3) is 86.2 Å². The van der Waals surface area contributed by atoms with Crippen molar-refractivity contribution in [2.75, 3.05) is 56.9 Å². The molecular formula is C116H100I4O20S4. The third kappa shape index (κ3) is 28.1. The van der Waals surface area contributed by atoms with Crippen LogP contribution in [0.2, 0.25) is 0 Å². The van der Waals surface area contributed by atoms with Gasteiger partial charge in [-0.2, -0.15) is 0 Å². The van der Waals surface area contributed by atoms with E-state index in [1.165, 1.54) is 128 Å². The van der Waals surface area contributed by atoms with Crippen LogP contribution in [0.1, 0.15) is 22.3 Å². The lowest BCUT2D eigenvalue weighted by Gasteiger charge is -2.16. The number of methoxy groups -OCH3 is 8. The molecule has 20 nitrogen and oxygen atoms in total. The molecule has 0 aliphatic rings. The highest BCUT2D eigenvalue weighted by Crippen LogP contribution is 2.48. The van der Waals surface area contributed by atoms with Gasteiger partial charge >= 0.3 is 84.8 Å². The van der Waals surface area contributed by atoms with Gasteiger partial charge in [-0.25, -0.2) is 33.7 Å². The van der Waals surface area contributed by atoms with Gasteiger partial charge in [-0.15, -0.1) is 0 Å². The van der Waals surface area contributed by atoms with Crippen LogP contribution >= 0.6 is 0 Å². The van der Waals surface area contributed by atoms with Crippen LogP contribution in [0, 0.1) is 56.3 Å². The SMILES string of the molecule is COc1c2ccccc2c(OC)c2cc(S(=O)(=O)[O-])ccc12.COc1c2ccccc2c(OC)c2cc(S(=O)(=O)[O-])ccc12.COc1c2ccccc2c(OC)c2cc(S(=O)(=O)[O-])ccc12.COc1c2ccccc2c(OC)c2cc(S(=O)(=O)[O-])ccc12.Cc1ccc([I+]c2ccc(C)cc2)cc1.Cc1ccc([I+]c2ccc(C)cc2)cc1.c1ccc([I+]c2ccccc2)cc1.c1ccc([I+]c2ccccc2)cc1. The van der Waals surface area contributed by atoms with Crippen molar-refractivity contribution in [3.63, 3.8) is 0 Å². The molecular weight excluding hydrogens is 2350 g/mol. The van der Waals surface area contributed by atoms with Crippen LogP contribution in [-0.4, -0.2) is 109 Å². The van der Waals surface area contributed by atoms with E-state index in [0.717, 1.165) is 43.1 Å². The topological polar surface area (TPSA) is 303 Å². The number of ether oxygens (including phenoxy) is 8. The monoisotopic (exact) mass is 2450 g/mol. The van der Waals surface area contributed by atoms with Crippen LogP contribution in [0.5, 0.6) is 46.0 Å². The standard InChI is InChI=1S/4C16H14O5S.2C14H14I.2C12H10I/c4*1-20-15-11-5-3-4-6-12(11)16(21-2)14-9-10(22(17,18)19)7-8-13(14)15;2*1-11-3-7-13(8-4-11)15-14-9-5-12(2)6-10-14;2*1-3-7-11(8-4-1)13-12-9-5-2-6-10-12/h4*3-9H,1-2H3,(H,17,18,19);2*3-10H,1-2H3;2*1-10H/q;;;;4*+1/p-4. The lowest BCUT2D eigenvalue weighted by molar-refractivity contribution is -0.597. The maximum Gasteiger partial charge on any atom is 0.357 e. The summed E-state index contributed by atoms with van der Waals surface area (Å²) in [6.07, 6.45) is 0. The van der Waals surface area contributed by atoms with E-state index in [9.17, 15) is 51.9 Å². The molecule has 0 spiro atoms. The molecule has 0 saturated heterocycles. The van der Waals surface area contributed by atoms with Gasteiger partial charge in [0.25, 0.3) is 0 Å². The molecule has 0 radical (unpaired) electrons. The predicted octanol–water partition coefficient (Wildman–Crippen LogP) is 12.2. The molecule has 0 N–H and O–H groups in total. The highest BCUT2D eigenvalue weighted by Gasteiger charge is 2.24. The highest BCUT2D eigenvalue weighted by molar-refractivity contribution is 7.86. The molecule has 736 valence electrons. The van der Waals surface area contributed by atoms with Crippen LogP contribution in [-0.2, 0) is 40.5 Å². The maximum atomic E-state index is 11.3. The molecule has 0 bridgehead atoms. The predicted molar refractivity (Wildman–Crippen MR) is 550 cm³/mol. The fourth-order valence-corrected chi connectivity index (χ4v) is 26.3. The number of fused-ring (bicyclic) bond motifs is 8. The summed E-state index contributed by atoms with van der Waals surface area (Å²) < 4.78 is 191. The van der Waals surface area contributed by atoms with Crippen molar-refractivity contribution >= 4 is 127 Å². The fraction of sp³-hybridized carbons (Fsp3) is 0.103. The van der Waals surface area contributed by atoms with Crippen LogP contribution in [0.4, 0.5) is 0 Å². The molecule has 28 heteroatoms. The first kappa shape index (κ1) is 109. The van der Waals surface area contributed by atoms with Gasteiger partial charge in [0.15, 0.2) is 28.6 Å². The van der Waals surface area contributed by atoms with Gasteiger partial charge in [0.1, 0.15) is 86.5 Å². The van der Waals surface area contributed by atoms with E-state index in [1.54, 1.807) is 52.7 Å². The number of hydrogen-bond donors (Lipinski definition) is 0. The Morgan fingerprint density at radius 2 is 0.285 bits per heavy atom. The largest absolute Gasteiger partial charge is 0.744 e. The molecule has 0 aromatic heterocycles. The average Bonchev–Trinajstić information content (AvgIpc) is 0.760. The maximum absolute atomic E-state index is 11.3. The molecule has 144 heavy (non-hydrogen) atoms. The van der Waals surface area contributed by atoms with E-state index in [4.69, 9.17) is 37.9 Å². The molecule has 0 atom stereocenters. The third-order valence-corrected chi connectivity index (χ3v) is 36.3. The molecule has 0 saturated carbocycles. The second-order valence-electron chi connectivity index (χ2n) is 31.8. The summed E-state index contributed by atoms with van der Waals surface area (Å²) in [5, 5.41) is 11.4. The summed E-state index contributed by atoms with van der Waals surface area (Å²) in [5.74, 6) is 4.49. The molecule has 0 fully saturated rings. The van der Waals surface area contributed by atoms with Crippen LogP contribution in [0.15, 0.2) is 408 Å². The Bertz CT molecular complexity index is 7380. The zero-order valence-electron chi connectivity index (χ0n) is 80.3. The summed E-state index contributed by atoms with van der Waals surface area (Å²) in [5.41, 5.74) is 5.36. The summed E-state index contributed by atoms with van der Waals surface area (Å²) in [6, 6.07) is 125. The molecule has 0 heterocycles. The molecule has 0 unspecified atom stereocenters. The first-order valence-electron chi connectivity index (χ1n) is 44.4. The zero-order chi connectivity index (χ0) is 103. The molecule has 20 rings (SSSR count). The molecule has 0 aliphatic carbocycles. The summed E-state index contributed by atoms with van der Waals surface area (Å²) in [7, 11) is -5.94.